The Balaban J connectivity index is 2.08. The fourth-order valence-corrected chi connectivity index (χ4v) is 3.93. The fourth-order valence-electron chi connectivity index (χ4n) is 3.18. The molecule has 0 atom stereocenters. The third-order valence-corrected chi connectivity index (χ3v) is 5.91. The zero-order valence-corrected chi connectivity index (χ0v) is 16.2. The number of benzene rings is 1. The van der Waals surface area contributed by atoms with Crippen LogP contribution in [-0.2, 0) is 0 Å². The van der Waals surface area contributed by atoms with Crippen molar-refractivity contribution in [2.75, 3.05) is 20.6 Å². The SMILES string of the molecule is CN(C)C1(CNC(=O)c2cc(Cl)ccc2I)CCCCCC1. The van der Waals surface area contributed by atoms with E-state index in [1.54, 1.807) is 6.07 Å². The summed E-state index contributed by atoms with van der Waals surface area (Å²) in [6, 6.07) is 5.44. The molecule has 0 unspecified atom stereocenters. The topological polar surface area (TPSA) is 32.3 Å². The van der Waals surface area contributed by atoms with E-state index >= 15 is 0 Å². The van der Waals surface area contributed by atoms with Crippen LogP contribution < -0.4 is 5.32 Å². The van der Waals surface area contributed by atoms with Gasteiger partial charge < -0.3 is 10.2 Å². The molecule has 1 fully saturated rings. The lowest BCUT2D eigenvalue weighted by molar-refractivity contribution is 0.0868. The normalized spacial score (nSPS) is 18.0. The predicted octanol–water partition coefficient (Wildman–Crippen LogP) is 4.33. The van der Waals surface area contributed by atoms with Gasteiger partial charge in [0, 0.05) is 20.7 Å². The molecule has 1 aromatic carbocycles. The monoisotopic (exact) mass is 434 g/mol. The third kappa shape index (κ3) is 4.36. The van der Waals surface area contributed by atoms with Gasteiger partial charge in [-0.3, -0.25) is 4.79 Å². The van der Waals surface area contributed by atoms with E-state index in [1.165, 1.54) is 25.7 Å². The quantitative estimate of drug-likeness (QED) is 0.565. The highest BCUT2D eigenvalue weighted by atomic mass is 127. The summed E-state index contributed by atoms with van der Waals surface area (Å²) >= 11 is 8.20. The van der Waals surface area contributed by atoms with Gasteiger partial charge in [0.1, 0.15) is 0 Å². The first-order valence-electron chi connectivity index (χ1n) is 7.85. The first-order chi connectivity index (χ1) is 10.4. The Hall–Kier alpha value is -0.330. The molecule has 5 heteroatoms. The molecule has 1 aliphatic carbocycles. The van der Waals surface area contributed by atoms with Crippen LogP contribution >= 0.6 is 34.2 Å². The number of carbonyl (C=O) groups excluding carboxylic acids is 1. The maximum Gasteiger partial charge on any atom is 0.252 e. The number of likely N-dealkylation sites (N-methyl/N-ethyl adjacent to an activating group) is 1. The number of rotatable bonds is 4. The molecule has 1 aliphatic rings. The van der Waals surface area contributed by atoms with Crippen molar-refractivity contribution < 1.29 is 4.79 Å². The zero-order valence-electron chi connectivity index (χ0n) is 13.3. The summed E-state index contributed by atoms with van der Waals surface area (Å²) in [4.78, 5) is 14.8. The summed E-state index contributed by atoms with van der Waals surface area (Å²) in [7, 11) is 4.25. The van der Waals surface area contributed by atoms with E-state index in [-0.39, 0.29) is 11.4 Å². The lowest BCUT2D eigenvalue weighted by Crippen LogP contribution is -2.52. The molecule has 22 heavy (non-hydrogen) atoms. The Labute approximate surface area is 151 Å². The number of nitrogens with zero attached hydrogens (tertiary/aromatic N) is 1. The van der Waals surface area contributed by atoms with Crippen LogP contribution in [0, 0.1) is 3.57 Å². The van der Waals surface area contributed by atoms with Gasteiger partial charge in [-0.25, -0.2) is 0 Å². The Morgan fingerprint density at radius 3 is 2.50 bits per heavy atom. The van der Waals surface area contributed by atoms with Gasteiger partial charge in [0.2, 0.25) is 0 Å². The predicted molar refractivity (Wildman–Crippen MR) is 101 cm³/mol. The number of halogens is 2. The molecule has 0 bridgehead atoms. The Morgan fingerprint density at radius 1 is 1.27 bits per heavy atom. The summed E-state index contributed by atoms with van der Waals surface area (Å²) in [6.45, 7) is 0.696. The lowest BCUT2D eigenvalue weighted by Gasteiger charge is -2.39. The minimum atomic E-state index is -0.0302. The van der Waals surface area contributed by atoms with Gasteiger partial charge >= 0.3 is 0 Å². The van der Waals surface area contributed by atoms with E-state index in [0.717, 1.165) is 16.4 Å². The molecule has 3 nitrogen and oxygen atoms in total. The van der Waals surface area contributed by atoms with Crippen molar-refractivity contribution in [1.82, 2.24) is 10.2 Å². The molecule has 0 spiro atoms. The van der Waals surface area contributed by atoms with Crippen molar-refractivity contribution in [2.24, 2.45) is 0 Å². The molecule has 1 N–H and O–H groups in total. The summed E-state index contributed by atoms with van der Waals surface area (Å²) in [5, 5.41) is 3.74. The Morgan fingerprint density at radius 2 is 1.91 bits per heavy atom. The largest absolute Gasteiger partial charge is 0.350 e. The van der Waals surface area contributed by atoms with Crippen molar-refractivity contribution >= 4 is 40.1 Å². The van der Waals surface area contributed by atoms with Gasteiger partial charge in [0.25, 0.3) is 5.91 Å². The maximum absolute atomic E-state index is 12.5. The highest BCUT2D eigenvalue weighted by Gasteiger charge is 2.33. The summed E-state index contributed by atoms with van der Waals surface area (Å²) in [5.41, 5.74) is 0.742. The van der Waals surface area contributed by atoms with Crippen LogP contribution in [0.3, 0.4) is 0 Å². The molecule has 122 valence electrons. The van der Waals surface area contributed by atoms with Gasteiger partial charge in [0.05, 0.1) is 5.56 Å². The van der Waals surface area contributed by atoms with Crippen molar-refractivity contribution in [2.45, 2.75) is 44.1 Å². The van der Waals surface area contributed by atoms with Crippen LogP contribution in [-0.4, -0.2) is 37.0 Å². The second kappa shape index (κ2) is 7.97. The van der Waals surface area contributed by atoms with Gasteiger partial charge in [-0.1, -0.05) is 37.3 Å². The van der Waals surface area contributed by atoms with Crippen molar-refractivity contribution in [1.29, 1.82) is 0 Å². The first kappa shape index (κ1) is 18.0. The van der Waals surface area contributed by atoms with E-state index in [2.05, 4.69) is 46.9 Å². The lowest BCUT2D eigenvalue weighted by atomic mass is 9.88. The minimum absolute atomic E-state index is 0.0302. The molecule has 0 aliphatic heterocycles. The van der Waals surface area contributed by atoms with E-state index in [0.29, 0.717) is 17.1 Å². The summed E-state index contributed by atoms with van der Waals surface area (Å²) in [6.07, 6.45) is 7.37. The fraction of sp³-hybridized carbons (Fsp3) is 0.588. The smallest absolute Gasteiger partial charge is 0.252 e. The average Bonchev–Trinajstić information content (AvgIpc) is 2.74. The second-order valence-corrected chi connectivity index (χ2v) is 7.94. The molecule has 0 aromatic heterocycles. The van der Waals surface area contributed by atoms with Crippen LogP contribution in [0.5, 0.6) is 0 Å². The van der Waals surface area contributed by atoms with Gasteiger partial charge in [-0.2, -0.15) is 0 Å². The highest BCUT2D eigenvalue weighted by molar-refractivity contribution is 14.1. The maximum atomic E-state index is 12.5. The number of nitrogens with one attached hydrogen (secondary N) is 1. The van der Waals surface area contributed by atoms with Gasteiger partial charge in [-0.05, 0) is 67.7 Å². The minimum Gasteiger partial charge on any atom is -0.350 e. The second-order valence-electron chi connectivity index (χ2n) is 6.34. The number of hydrogen-bond acceptors (Lipinski definition) is 2. The van der Waals surface area contributed by atoms with E-state index in [9.17, 15) is 4.79 Å². The highest BCUT2D eigenvalue weighted by Crippen LogP contribution is 2.30. The van der Waals surface area contributed by atoms with Crippen molar-refractivity contribution in [3.63, 3.8) is 0 Å². The standard InChI is InChI=1S/C17H24ClIN2O/c1-21(2)17(9-5-3-4-6-10-17)12-20-16(22)14-11-13(18)7-8-15(14)19/h7-8,11H,3-6,9-10,12H2,1-2H3,(H,20,22). The Kier molecular flexibility index (Phi) is 6.53. The van der Waals surface area contributed by atoms with E-state index < -0.39 is 0 Å². The van der Waals surface area contributed by atoms with Crippen molar-refractivity contribution in [3.8, 4) is 0 Å². The summed E-state index contributed by atoms with van der Waals surface area (Å²) < 4.78 is 0.930. The first-order valence-corrected chi connectivity index (χ1v) is 9.31. The van der Waals surface area contributed by atoms with E-state index in [1.807, 2.05) is 12.1 Å². The molecule has 0 heterocycles. The molecule has 1 saturated carbocycles. The van der Waals surface area contributed by atoms with E-state index in [4.69, 9.17) is 11.6 Å². The van der Waals surface area contributed by atoms with Gasteiger partial charge in [-0.15, -0.1) is 0 Å². The van der Waals surface area contributed by atoms with Crippen LogP contribution in [0.4, 0.5) is 0 Å². The molecule has 2 rings (SSSR count). The molecule has 1 amide bonds. The van der Waals surface area contributed by atoms with Crippen LogP contribution in [0.25, 0.3) is 0 Å². The Bertz CT molecular complexity index is 525. The van der Waals surface area contributed by atoms with Crippen LogP contribution in [0.2, 0.25) is 5.02 Å². The third-order valence-electron chi connectivity index (χ3n) is 4.73. The molecule has 0 saturated heterocycles. The number of amides is 1. The van der Waals surface area contributed by atoms with Crippen LogP contribution in [0.1, 0.15) is 48.9 Å². The molecule has 0 radical (unpaired) electrons. The molecular formula is C17H24ClIN2O. The van der Waals surface area contributed by atoms with Crippen LogP contribution in [0.15, 0.2) is 18.2 Å². The average molecular weight is 435 g/mol. The zero-order chi connectivity index (χ0) is 16.2. The molecular weight excluding hydrogens is 411 g/mol. The number of hydrogen-bond donors (Lipinski definition) is 1. The summed E-state index contributed by atoms with van der Waals surface area (Å²) in [5.74, 6) is -0.0302. The number of carbonyl (C=O) groups is 1. The molecule has 1 aromatic rings. The van der Waals surface area contributed by atoms with Crippen molar-refractivity contribution in [3.05, 3.63) is 32.4 Å². The van der Waals surface area contributed by atoms with Gasteiger partial charge in [0.15, 0.2) is 0 Å².